The van der Waals surface area contributed by atoms with Crippen molar-refractivity contribution in [1.82, 2.24) is 0 Å². The van der Waals surface area contributed by atoms with Crippen LogP contribution in [0.1, 0.15) is 18.9 Å². The van der Waals surface area contributed by atoms with E-state index in [2.05, 4.69) is 4.85 Å². The highest BCUT2D eigenvalue weighted by molar-refractivity contribution is 6.30. The molecule has 1 aliphatic heterocycles. The highest BCUT2D eigenvalue weighted by atomic mass is 35.5. The van der Waals surface area contributed by atoms with Gasteiger partial charge in [0.05, 0.1) is 12.3 Å². The zero-order valence-corrected chi connectivity index (χ0v) is 15.8. The zero-order valence-electron chi connectivity index (χ0n) is 15.1. The van der Waals surface area contributed by atoms with E-state index in [1.54, 1.807) is 61.5 Å². The Bertz CT molecular complexity index is 953. The number of nitrogens with zero attached hydrogens (tertiary/aromatic N) is 2. The molecule has 7 heteroatoms. The van der Waals surface area contributed by atoms with Gasteiger partial charge < -0.3 is 4.74 Å². The molecule has 1 aliphatic rings. The van der Waals surface area contributed by atoms with Crippen LogP contribution in [-0.2, 0) is 24.7 Å². The van der Waals surface area contributed by atoms with Gasteiger partial charge in [0.2, 0.25) is 11.8 Å². The average Bonchev–Trinajstić information content (AvgIpc) is 2.99. The summed E-state index contributed by atoms with van der Waals surface area (Å²) in [6.07, 6.45) is -0.266. The van der Waals surface area contributed by atoms with Gasteiger partial charge in [-0.25, -0.2) is 16.3 Å². The number of rotatable bonds is 5. The molecule has 0 N–H and O–H groups in total. The van der Waals surface area contributed by atoms with Gasteiger partial charge in [-0.3, -0.25) is 14.4 Å². The van der Waals surface area contributed by atoms with E-state index in [-0.39, 0.29) is 13.0 Å². The summed E-state index contributed by atoms with van der Waals surface area (Å²) in [5.74, 6) is -3.11. The lowest BCUT2D eigenvalue weighted by molar-refractivity contribution is -0.152. The van der Waals surface area contributed by atoms with Gasteiger partial charge in [0, 0.05) is 17.0 Å². The summed E-state index contributed by atoms with van der Waals surface area (Å²) >= 11 is 5.88. The fraction of sp³-hybridized carbons (Fsp3) is 0.238. The second kappa shape index (κ2) is 7.83. The van der Waals surface area contributed by atoms with Crippen LogP contribution in [0.25, 0.3) is 4.85 Å². The van der Waals surface area contributed by atoms with E-state index in [9.17, 15) is 14.4 Å². The first-order valence-corrected chi connectivity index (χ1v) is 9.07. The molecule has 0 unspecified atom stereocenters. The molecule has 2 aromatic carbocycles. The second-order valence-electron chi connectivity index (χ2n) is 6.27. The molecular weight excluding hydrogens is 380 g/mol. The largest absolute Gasteiger partial charge is 0.460 e. The molecule has 0 aliphatic carbocycles. The number of amides is 2. The Hall–Kier alpha value is -3.17. The Morgan fingerprint density at radius 3 is 2.43 bits per heavy atom. The first-order valence-electron chi connectivity index (χ1n) is 8.69. The molecule has 2 atom stereocenters. The Labute approximate surface area is 167 Å². The molecule has 1 heterocycles. The van der Waals surface area contributed by atoms with E-state index >= 15 is 0 Å². The van der Waals surface area contributed by atoms with Crippen LogP contribution in [-0.4, -0.2) is 24.4 Å². The molecule has 0 saturated carbocycles. The van der Waals surface area contributed by atoms with Crippen LogP contribution in [0.4, 0.5) is 5.69 Å². The predicted molar refractivity (Wildman–Crippen MR) is 103 cm³/mol. The van der Waals surface area contributed by atoms with Gasteiger partial charge in [-0.2, -0.15) is 0 Å². The van der Waals surface area contributed by atoms with Crippen molar-refractivity contribution in [2.75, 3.05) is 11.5 Å². The highest BCUT2D eigenvalue weighted by Gasteiger charge is 2.63. The van der Waals surface area contributed by atoms with Crippen molar-refractivity contribution in [3.05, 3.63) is 76.6 Å². The van der Waals surface area contributed by atoms with Gasteiger partial charge in [0.1, 0.15) is 5.92 Å². The SMILES string of the molecule is [C-]#[N+][C@](C(=O)OCC)(c1ccccc1)[C@H]1CC(=O)N(c2ccc(Cl)cc2)C1=O. The third-order valence-corrected chi connectivity index (χ3v) is 4.96. The number of carbonyl (C=O) groups excluding carboxylic acids is 3. The van der Waals surface area contributed by atoms with Crippen LogP contribution in [0.3, 0.4) is 0 Å². The van der Waals surface area contributed by atoms with Crippen molar-refractivity contribution in [3.8, 4) is 0 Å². The first kappa shape index (κ1) is 19.6. The molecule has 142 valence electrons. The van der Waals surface area contributed by atoms with E-state index in [1.165, 1.54) is 0 Å². The summed E-state index contributed by atoms with van der Waals surface area (Å²) in [4.78, 5) is 43.3. The fourth-order valence-corrected chi connectivity index (χ4v) is 3.53. The molecule has 6 nitrogen and oxygen atoms in total. The average molecular weight is 397 g/mol. The van der Waals surface area contributed by atoms with Gasteiger partial charge in [0.15, 0.2) is 0 Å². The number of hydrogen-bond acceptors (Lipinski definition) is 4. The Kier molecular flexibility index (Phi) is 5.48. The lowest BCUT2D eigenvalue weighted by Crippen LogP contribution is -2.45. The number of anilines is 1. The normalized spacial score (nSPS) is 18.5. The first-order chi connectivity index (χ1) is 13.5. The Balaban J connectivity index is 2.10. The fourth-order valence-electron chi connectivity index (χ4n) is 3.40. The topological polar surface area (TPSA) is 68.0 Å². The van der Waals surface area contributed by atoms with Crippen LogP contribution in [0.5, 0.6) is 0 Å². The molecule has 2 amide bonds. The van der Waals surface area contributed by atoms with Crippen LogP contribution in [0, 0.1) is 12.5 Å². The molecule has 3 rings (SSSR count). The second-order valence-corrected chi connectivity index (χ2v) is 6.70. The Morgan fingerprint density at radius 2 is 1.86 bits per heavy atom. The maximum atomic E-state index is 13.2. The zero-order chi connectivity index (χ0) is 20.3. The number of esters is 1. The van der Waals surface area contributed by atoms with E-state index in [1.807, 2.05) is 0 Å². The quantitative estimate of drug-likeness (QED) is 0.440. The number of imide groups is 1. The van der Waals surface area contributed by atoms with Crippen molar-refractivity contribution in [1.29, 1.82) is 0 Å². The molecule has 0 aromatic heterocycles. The van der Waals surface area contributed by atoms with Gasteiger partial charge >= 0.3 is 11.5 Å². The maximum Gasteiger partial charge on any atom is 0.399 e. The molecule has 0 radical (unpaired) electrons. The minimum absolute atomic E-state index is 0.0543. The van der Waals surface area contributed by atoms with Gasteiger partial charge in [0.25, 0.3) is 0 Å². The van der Waals surface area contributed by atoms with Crippen molar-refractivity contribution in [3.63, 3.8) is 0 Å². The number of halogens is 1. The summed E-state index contributed by atoms with van der Waals surface area (Å²) in [6.45, 7) is 9.48. The van der Waals surface area contributed by atoms with E-state index < -0.39 is 29.2 Å². The van der Waals surface area contributed by atoms with Gasteiger partial charge in [-0.15, -0.1) is 0 Å². The molecule has 0 spiro atoms. The molecule has 2 aromatic rings. The number of ether oxygens (including phenoxy) is 1. The third-order valence-electron chi connectivity index (χ3n) is 4.71. The molecule has 1 saturated heterocycles. The summed E-state index contributed by atoms with van der Waals surface area (Å²) in [7, 11) is 0. The minimum Gasteiger partial charge on any atom is -0.460 e. The maximum absolute atomic E-state index is 13.2. The standard InChI is InChI=1S/C21H17ClN2O4/c1-3-28-20(27)21(23-2,14-7-5-4-6-8-14)17-13-18(25)24(19(17)26)16-11-9-15(22)10-12-16/h4-12,17H,3,13H2,1H3/t17-,21+/m0/s1. The van der Waals surface area contributed by atoms with Crippen molar-refractivity contribution in [2.45, 2.75) is 18.9 Å². The van der Waals surface area contributed by atoms with Crippen molar-refractivity contribution < 1.29 is 19.1 Å². The number of hydrogen-bond donors (Lipinski definition) is 0. The van der Waals surface area contributed by atoms with E-state index in [0.717, 1.165) is 4.90 Å². The van der Waals surface area contributed by atoms with Crippen LogP contribution < -0.4 is 4.90 Å². The van der Waals surface area contributed by atoms with Gasteiger partial charge in [-0.05, 0) is 31.2 Å². The van der Waals surface area contributed by atoms with Crippen LogP contribution >= 0.6 is 11.6 Å². The lowest BCUT2D eigenvalue weighted by Gasteiger charge is -2.25. The third kappa shape index (κ3) is 3.14. The minimum atomic E-state index is -1.93. The molecular formula is C21H17ClN2O4. The van der Waals surface area contributed by atoms with Gasteiger partial charge in [-0.1, -0.05) is 41.9 Å². The van der Waals surface area contributed by atoms with Crippen LogP contribution in [0.15, 0.2) is 54.6 Å². The molecule has 28 heavy (non-hydrogen) atoms. The number of benzene rings is 2. The summed E-state index contributed by atoms with van der Waals surface area (Å²) in [5.41, 5.74) is -1.25. The smallest absolute Gasteiger partial charge is 0.399 e. The van der Waals surface area contributed by atoms with Crippen molar-refractivity contribution >= 4 is 35.1 Å². The lowest BCUT2D eigenvalue weighted by atomic mass is 9.77. The summed E-state index contributed by atoms with van der Waals surface area (Å²) in [6, 6.07) is 14.5. The molecule has 1 fully saturated rings. The predicted octanol–water partition coefficient (Wildman–Crippen LogP) is 3.60. The Morgan fingerprint density at radius 1 is 1.21 bits per heavy atom. The summed E-state index contributed by atoms with van der Waals surface area (Å²) in [5, 5.41) is 0.464. The summed E-state index contributed by atoms with van der Waals surface area (Å²) < 4.78 is 5.15. The highest BCUT2D eigenvalue weighted by Crippen LogP contribution is 2.43. The van der Waals surface area contributed by atoms with E-state index in [4.69, 9.17) is 22.9 Å². The van der Waals surface area contributed by atoms with Crippen LogP contribution in [0.2, 0.25) is 5.02 Å². The monoisotopic (exact) mass is 396 g/mol. The van der Waals surface area contributed by atoms with E-state index in [0.29, 0.717) is 16.3 Å². The number of carbonyl (C=O) groups is 3. The van der Waals surface area contributed by atoms with Crippen molar-refractivity contribution in [2.24, 2.45) is 5.92 Å². The molecule has 0 bridgehead atoms.